The molecule has 0 aliphatic heterocycles. The molecule has 4 heteroatoms. The van der Waals surface area contributed by atoms with Crippen LogP contribution >= 0.6 is 0 Å². The minimum atomic E-state index is -1.17. The average Bonchev–Trinajstić information content (AvgIpc) is 1.82. The molecule has 0 unspecified atom stereocenters. The third kappa shape index (κ3) is 4.31. The second-order valence-corrected chi connectivity index (χ2v) is 3.86. The van der Waals surface area contributed by atoms with Crippen molar-refractivity contribution in [1.29, 1.82) is 0 Å². The van der Waals surface area contributed by atoms with Crippen molar-refractivity contribution in [3.05, 3.63) is 0 Å². The lowest BCUT2D eigenvalue weighted by Gasteiger charge is -2.27. The fourth-order valence-electron chi connectivity index (χ4n) is 0.831. The molecule has 0 aliphatic rings. The monoisotopic (exact) mass is 175 g/mol. The van der Waals surface area contributed by atoms with E-state index >= 15 is 0 Å². The van der Waals surface area contributed by atoms with Crippen LogP contribution in [0, 0.1) is 0 Å². The predicted octanol–water partition coefficient (Wildman–Crippen LogP) is -1.45. The molecule has 0 amide bonds. The Kier molecular flexibility index (Phi) is 3.67. The molecule has 0 saturated carbocycles. The zero-order chi connectivity index (χ0) is 9.94. The van der Waals surface area contributed by atoms with Gasteiger partial charge in [0.1, 0.15) is 12.1 Å². The van der Waals surface area contributed by atoms with Crippen LogP contribution in [0.15, 0.2) is 0 Å². The van der Waals surface area contributed by atoms with Crippen molar-refractivity contribution >= 4 is 5.97 Å². The summed E-state index contributed by atoms with van der Waals surface area (Å²) in [7, 11) is 0. The van der Waals surface area contributed by atoms with Crippen LogP contribution in [0.1, 0.15) is 27.7 Å². The molecular weight excluding hydrogens is 158 g/mol. The van der Waals surface area contributed by atoms with Crippen molar-refractivity contribution in [3.8, 4) is 0 Å². The van der Waals surface area contributed by atoms with Crippen LogP contribution in [0.4, 0.5) is 0 Å². The molecule has 12 heavy (non-hydrogen) atoms. The lowest BCUT2D eigenvalue weighted by Crippen LogP contribution is -2.73. The fourth-order valence-corrected chi connectivity index (χ4v) is 0.831. The highest BCUT2D eigenvalue weighted by atomic mass is 16.5. The van der Waals surface area contributed by atoms with E-state index in [9.17, 15) is 9.90 Å². The van der Waals surface area contributed by atoms with E-state index in [1.165, 1.54) is 0 Å². The lowest BCUT2D eigenvalue weighted by atomic mass is 10.1. The smallest absolute Gasteiger partial charge is 0.151 e. The van der Waals surface area contributed by atoms with Gasteiger partial charge in [-0.3, -0.25) is 0 Å². The summed E-state index contributed by atoms with van der Waals surface area (Å²) in [6.07, 6.45) is -0.421. The lowest BCUT2D eigenvalue weighted by molar-refractivity contribution is -0.454. The zero-order valence-electron chi connectivity index (χ0n) is 8.09. The molecule has 0 spiro atoms. The minimum Gasteiger partial charge on any atom is -0.544 e. The third-order valence-electron chi connectivity index (χ3n) is 1.41. The summed E-state index contributed by atoms with van der Waals surface area (Å²) in [4.78, 5) is 10.4. The summed E-state index contributed by atoms with van der Waals surface area (Å²) < 4.78 is 5.38. The highest BCUT2D eigenvalue weighted by Gasteiger charge is 2.23. The Hall–Kier alpha value is -0.610. The number of rotatable bonds is 3. The van der Waals surface area contributed by atoms with Gasteiger partial charge in [-0.15, -0.1) is 0 Å². The number of carbonyl (C=O) groups is 1. The molecule has 0 aromatic rings. The Morgan fingerprint density at radius 2 is 1.92 bits per heavy atom. The number of carboxylic acids is 1. The largest absolute Gasteiger partial charge is 0.544 e. The van der Waals surface area contributed by atoms with Crippen molar-refractivity contribution in [2.45, 2.75) is 45.4 Å². The first kappa shape index (κ1) is 11.4. The zero-order valence-corrected chi connectivity index (χ0v) is 8.09. The first-order valence-electron chi connectivity index (χ1n) is 3.96. The topological polar surface area (TPSA) is 77.0 Å². The number of hydrogen-bond acceptors (Lipinski definition) is 3. The normalized spacial score (nSPS) is 17.1. The minimum absolute atomic E-state index is 0.342. The summed E-state index contributed by atoms with van der Waals surface area (Å²) in [5.41, 5.74) is 3.09. The summed E-state index contributed by atoms with van der Waals surface area (Å²) in [6, 6.07) is -0.816. The third-order valence-corrected chi connectivity index (χ3v) is 1.41. The van der Waals surface area contributed by atoms with Crippen LogP contribution in [0.2, 0.25) is 0 Å². The van der Waals surface area contributed by atoms with Crippen LogP contribution in [0.25, 0.3) is 0 Å². The Balaban J connectivity index is 4.04. The van der Waals surface area contributed by atoms with Crippen LogP contribution in [-0.2, 0) is 9.53 Å². The second kappa shape index (κ2) is 3.87. The standard InChI is InChI=1S/C8H17NO3/c1-5(6(9)7(10)11)12-8(2,3)4/h5-6H,9H2,1-4H3,(H,10,11)/t5-,6-/m1/s1. The van der Waals surface area contributed by atoms with Crippen LogP contribution in [-0.4, -0.2) is 23.7 Å². The molecule has 0 aromatic carbocycles. The SMILES string of the molecule is C[C@@H](OC(C)(C)C)[C@@H]([NH3+])C(=O)[O-]. The van der Waals surface area contributed by atoms with E-state index in [0.29, 0.717) is 0 Å². The van der Waals surface area contributed by atoms with Gasteiger partial charge in [0.2, 0.25) is 0 Å². The Morgan fingerprint density at radius 3 is 2.17 bits per heavy atom. The molecule has 72 valence electrons. The Labute approximate surface area is 72.7 Å². The summed E-state index contributed by atoms with van der Waals surface area (Å²) >= 11 is 0. The van der Waals surface area contributed by atoms with Crippen molar-refractivity contribution < 1.29 is 20.4 Å². The number of carboxylic acid groups (broad SMARTS) is 1. The van der Waals surface area contributed by atoms with Gasteiger partial charge in [0.05, 0.1) is 5.60 Å². The molecule has 0 radical (unpaired) electrons. The number of hydrogen-bond donors (Lipinski definition) is 1. The van der Waals surface area contributed by atoms with Gasteiger partial charge in [-0.05, 0) is 27.7 Å². The van der Waals surface area contributed by atoms with Gasteiger partial charge in [-0.2, -0.15) is 0 Å². The van der Waals surface area contributed by atoms with E-state index in [0.717, 1.165) is 0 Å². The number of quaternary nitrogens is 1. The number of carbonyl (C=O) groups excluding carboxylic acids is 1. The highest BCUT2D eigenvalue weighted by molar-refractivity contribution is 5.69. The maximum absolute atomic E-state index is 10.4. The Bertz CT molecular complexity index is 162. The van der Waals surface area contributed by atoms with Crippen molar-refractivity contribution in [1.82, 2.24) is 0 Å². The van der Waals surface area contributed by atoms with Gasteiger partial charge in [0.15, 0.2) is 6.04 Å². The average molecular weight is 175 g/mol. The molecular formula is C8H17NO3. The van der Waals surface area contributed by atoms with Crippen molar-refractivity contribution in [2.75, 3.05) is 0 Å². The number of aliphatic carboxylic acids is 1. The van der Waals surface area contributed by atoms with Crippen LogP contribution < -0.4 is 10.8 Å². The van der Waals surface area contributed by atoms with E-state index in [4.69, 9.17) is 4.74 Å². The van der Waals surface area contributed by atoms with Gasteiger partial charge in [-0.1, -0.05) is 0 Å². The molecule has 4 nitrogen and oxygen atoms in total. The molecule has 3 N–H and O–H groups in total. The van der Waals surface area contributed by atoms with Crippen LogP contribution in [0.5, 0.6) is 0 Å². The fraction of sp³-hybridized carbons (Fsp3) is 0.875. The molecule has 0 rings (SSSR count). The molecule has 2 atom stereocenters. The molecule has 0 heterocycles. The summed E-state index contributed by atoms with van der Waals surface area (Å²) in [5.74, 6) is -1.17. The van der Waals surface area contributed by atoms with Gasteiger partial charge in [0.25, 0.3) is 0 Å². The summed E-state index contributed by atoms with van der Waals surface area (Å²) in [5, 5.41) is 10.4. The van der Waals surface area contributed by atoms with Crippen LogP contribution in [0.3, 0.4) is 0 Å². The summed E-state index contributed by atoms with van der Waals surface area (Å²) in [6.45, 7) is 7.28. The van der Waals surface area contributed by atoms with E-state index in [-0.39, 0.29) is 5.60 Å². The van der Waals surface area contributed by atoms with Crippen molar-refractivity contribution in [2.24, 2.45) is 0 Å². The second-order valence-electron chi connectivity index (χ2n) is 3.86. The van der Waals surface area contributed by atoms with Gasteiger partial charge in [-0.25, -0.2) is 0 Å². The van der Waals surface area contributed by atoms with Gasteiger partial charge in [0, 0.05) is 0 Å². The maximum Gasteiger partial charge on any atom is 0.151 e. The van der Waals surface area contributed by atoms with E-state index in [1.807, 2.05) is 20.8 Å². The molecule has 0 fully saturated rings. The number of ether oxygens (including phenoxy) is 1. The molecule has 0 saturated heterocycles. The van der Waals surface area contributed by atoms with E-state index in [2.05, 4.69) is 5.73 Å². The van der Waals surface area contributed by atoms with E-state index in [1.54, 1.807) is 6.92 Å². The molecule has 0 aromatic heterocycles. The Morgan fingerprint density at radius 1 is 1.50 bits per heavy atom. The first-order chi connectivity index (χ1) is 5.24. The first-order valence-corrected chi connectivity index (χ1v) is 3.96. The maximum atomic E-state index is 10.4. The van der Waals surface area contributed by atoms with Crippen molar-refractivity contribution in [3.63, 3.8) is 0 Å². The quantitative estimate of drug-likeness (QED) is 0.570. The molecule has 0 aliphatic carbocycles. The molecule has 0 bridgehead atoms. The van der Waals surface area contributed by atoms with Gasteiger partial charge >= 0.3 is 0 Å². The van der Waals surface area contributed by atoms with E-state index < -0.39 is 18.1 Å². The predicted molar refractivity (Wildman–Crippen MR) is 42.0 cm³/mol. The highest BCUT2D eigenvalue weighted by Crippen LogP contribution is 2.11. The van der Waals surface area contributed by atoms with Gasteiger partial charge < -0.3 is 20.4 Å².